The Morgan fingerprint density at radius 2 is 1.44 bits per heavy atom. The number of nitrogens with two attached hydrogens (primary N) is 1. The highest BCUT2D eigenvalue weighted by Gasteiger charge is 2.54. The van der Waals surface area contributed by atoms with Crippen LogP contribution in [0.15, 0.2) is 55.3 Å². The van der Waals surface area contributed by atoms with Crippen molar-refractivity contribution in [2.24, 2.45) is 27.6 Å². The van der Waals surface area contributed by atoms with Crippen molar-refractivity contribution in [2.75, 3.05) is 24.7 Å². The van der Waals surface area contributed by atoms with Crippen LogP contribution < -0.4 is 11.1 Å². The molecule has 6 rings (SSSR count). The molecule has 4 aliphatic rings. The highest BCUT2D eigenvalue weighted by Crippen LogP contribution is 2.49. The second-order valence-electron chi connectivity index (χ2n) is 10.3. The fraction of sp³-hybridized carbons (Fsp3) is 0.444. The van der Waals surface area contributed by atoms with Crippen LogP contribution in [0.2, 0.25) is 0 Å². The third-order valence-electron chi connectivity index (χ3n) is 7.92. The van der Waals surface area contributed by atoms with Crippen LogP contribution in [0.4, 0.5) is 13.6 Å². The van der Waals surface area contributed by atoms with Gasteiger partial charge in [-0.3, -0.25) is 5.32 Å². The van der Waals surface area contributed by atoms with Gasteiger partial charge in [0.1, 0.15) is 22.7 Å². The third-order valence-corrected chi connectivity index (χ3v) is 10.8. The summed E-state index contributed by atoms with van der Waals surface area (Å²) in [5.41, 5.74) is 5.30. The summed E-state index contributed by atoms with van der Waals surface area (Å²) in [6, 6.07) is 9.64. The van der Waals surface area contributed by atoms with Crippen molar-refractivity contribution < 1.29 is 28.2 Å². The normalized spacial score (nSPS) is 32.1. The number of aliphatic imine (C=N–C) groups is 2. The number of rotatable bonds is 2. The molecule has 2 aromatic carbocycles. The van der Waals surface area contributed by atoms with Crippen LogP contribution in [0.25, 0.3) is 0 Å². The maximum atomic E-state index is 14.4. The van der Waals surface area contributed by atoms with Crippen LogP contribution in [0.1, 0.15) is 25.0 Å². The van der Waals surface area contributed by atoms with E-state index < -0.39 is 17.2 Å². The number of carboxylic acid groups (broad SMARTS) is 1. The predicted molar refractivity (Wildman–Crippen MR) is 164 cm³/mol. The molecule has 0 bridgehead atoms. The van der Waals surface area contributed by atoms with E-state index in [-0.39, 0.29) is 47.5 Å². The third kappa shape index (κ3) is 5.92. The van der Waals surface area contributed by atoms with Gasteiger partial charge in [0.25, 0.3) is 0 Å². The summed E-state index contributed by atoms with van der Waals surface area (Å²) in [6.07, 6.45) is -1.19. The van der Waals surface area contributed by atoms with Gasteiger partial charge in [-0.25, -0.2) is 23.6 Å². The number of thioether (sulfide) groups is 2. The molecule has 8 nitrogen and oxygen atoms in total. The Labute approximate surface area is 261 Å². The number of fused-ring (bicyclic) bond motifs is 2. The zero-order valence-corrected chi connectivity index (χ0v) is 26.9. The van der Waals surface area contributed by atoms with E-state index in [0.717, 1.165) is 14.7 Å². The van der Waals surface area contributed by atoms with Crippen molar-refractivity contribution in [3.05, 3.63) is 68.1 Å². The minimum Gasteiger partial charge on any atom is -0.465 e. The molecule has 4 aliphatic heterocycles. The Kier molecular flexibility index (Phi) is 9.08. The lowest BCUT2D eigenvalue weighted by Gasteiger charge is -2.36. The maximum Gasteiger partial charge on any atom is 0.410 e. The summed E-state index contributed by atoms with van der Waals surface area (Å²) in [7, 11) is 0. The number of halogens is 4. The van der Waals surface area contributed by atoms with E-state index >= 15 is 0 Å². The van der Waals surface area contributed by atoms with Crippen LogP contribution in [0.5, 0.6) is 0 Å². The number of ether oxygens (including phenoxy) is 2. The molecule has 220 valence electrons. The predicted octanol–water partition coefficient (Wildman–Crippen LogP) is 6.07. The van der Waals surface area contributed by atoms with E-state index in [9.17, 15) is 13.6 Å². The van der Waals surface area contributed by atoms with Gasteiger partial charge in [-0.2, -0.15) is 0 Å². The molecule has 4 heterocycles. The van der Waals surface area contributed by atoms with E-state index in [2.05, 4.69) is 47.2 Å². The number of benzene rings is 2. The first-order valence-electron chi connectivity index (χ1n) is 12.8. The van der Waals surface area contributed by atoms with Gasteiger partial charge in [0.05, 0.1) is 25.4 Å². The van der Waals surface area contributed by atoms with Gasteiger partial charge in [0.15, 0.2) is 10.3 Å². The Morgan fingerprint density at radius 1 is 0.951 bits per heavy atom. The standard InChI is InChI=1S/C14H14BrFN2O3S.C13H14BrFN2OS/c1-7-10-5-22-12(17-13(19)20)18-14(10,6-21-7)9-4-8(15)2-3-11(9)16;1-7-10-5-19-12(16)17-13(10,6-18-7)9-4-8(14)2-3-11(9)15/h2-4,7,10H,5-6H2,1H3,(H,17,18)(H,19,20);2-4,7,10H,5-6H2,1H3,(H2,16,17)/t7-,10-,14-;7-,10-,13-/m11/s1. The summed E-state index contributed by atoms with van der Waals surface area (Å²) in [5.74, 6) is 0.939. The molecule has 4 N–H and O–H groups in total. The van der Waals surface area contributed by atoms with Crippen LogP contribution in [-0.2, 0) is 20.6 Å². The van der Waals surface area contributed by atoms with E-state index in [4.69, 9.17) is 20.3 Å². The SMILES string of the molecule is C[C@H]1OC[C@]2(c3cc(Br)ccc3F)N=C(N)SC[C@H]12.C[C@H]1OC[C@]2(c3cc(Br)ccc3F)N=C(NC(=O)O)SC[C@H]12. The lowest BCUT2D eigenvalue weighted by atomic mass is 9.79. The monoisotopic (exact) mass is 732 g/mol. The highest BCUT2D eigenvalue weighted by atomic mass is 79.9. The largest absolute Gasteiger partial charge is 0.465 e. The summed E-state index contributed by atoms with van der Waals surface area (Å²) in [4.78, 5) is 20.0. The van der Waals surface area contributed by atoms with Crippen molar-refractivity contribution in [3.63, 3.8) is 0 Å². The Balaban J connectivity index is 0.000000166. The topological polar surface area (TPSA) is 119 Å². The second kappa shape index (κ2) is 12.1. The number of carbonyl (C=O) groups is 1. The summed E-state index contributed by atoms with van der Waals surface area (Å²) in [5, 5.41) is 12.0. The number of amidine groups is 2. The molecule has 2 saturated heterocycles. The lowest BCUT2D eigenvalue weighted by Crippen LogP contribution is -2.43. The van der Waals surface area contributed by atoms with Crippen LogP contribution in [0, 0.1) is 23.5 Å². The maximum absolute atomic E-state index is 14.4. The van der Waals surface area contributed by atoms with Gasteiger partial charge in [-0.15, -0.1) is 0 Å². The molecule has 41 heavy (non-hydrogen) atoms. The number of nitrogens with zero attached hydrogens (tertiary/aromatic N) is 2. The van der Waals surface area contributed by atoms with Crippen LogP contribution in [-0.4, -0.2) is 58.5 Å². The molecule has 2 aromatic rings. The number of hydrogen-bond donors (Lipinski definition) is 3. The highest BCUT2D eigenvalue weighted by molar-refractivity contribution is 9.10. The molecule has 1 amide bonds. The average Bonchev–Trinajstić information content (AvgIpc) is 3.44. The van der Waals surface area contributed by atoms with Gasteiger partial charge in [-0.1, -0.05) is 55.4 Å². The minimum absolute atomic E-state index is 0.0133. The molecule has 0 aliphatic carbocycles. The first-order chi connectivity index (χ1) is 19.4. The molecule has 0 saturated carbocycles. The van der Waals surface area contributed by atoms with Crippen molar-refractivity contribution >= 4 is 71.8 Å². The molecule has 0 radical (unpaired) electrons. The van der Waals surface area contributed by atoms with E-state index in [1.165, 1.54) is 35.7 Å². The summed E-state index contributed by atoms with van der Waals surface area (Å²) < 4.78 is 41.7. The first kappa shape index (κ1) is 30.7. The van der Waals surface area contributed by atoms with Gasteiger partial charge < -0.3 is 20.3 Å². The summed E-state index contributed by atoms with van der Waals surface area (Å²) in [6.45, 7) is 4.57. The molecule has 6 atom stereocenters. The van der Waals surface area contributed by atoms with Gasteiger partial charge >= 0.3 is 6.09 Å². The molecule has 14 heteroatoms. The fourth-order valence-electron chi connectivity index (χ4n) is 5.79. The van der Waals surface area contributed by atoms with E-state index in [0.29, 0.717) is 28.7 Å². The first-order valence-corrected chi connectivity index (χ1v) is 16.4. The van der Waals surface area contributed by atoms with Gasteiger partial charge in [0.2, 0.25) is 0 Å². The van der Waals surface area contributed by atoms with Crippen molar-refractivity contribution in [1.82, 2.24) is 5.32 Å². The lowest BCUT2D eigenvalue weighted by molar-refractivity contribution is 0.107. The molecule has 2 fully saturated rings. The Hall–Kier alpha value is -1.71. The van der Waals surface area contributed by atoms with Gasteiger partial charge in [-0.05, 0) is 50.2 Å². The Morgan fingerprint density at radius 3 is 1.95 bits per heavy atom. The number of nitrogens with one attached hydrogen (secondary N) is 1. The van der Waals surface area contributed by atoms with Crippen molar-refractivity contribution in [1.29, 1.82) is 0 Å². The minimum atomic E-state index is -1.18. The van der Waals surface area contributed by atoms with Crippen molar-refractivity contribution in [3.8, 4) is 0 Å². The summed E-state index contributed by atoms with van der Waals surface area (Å²) >= 11 is 9.58. The van der Waals surface area contributed by atoms with Crippen LogP contribution >= 0.6 is 55.4 Å². The number of amides is 1. The number of hydrogen-bond acceptors (Lipinski definition) is 8. The molecule has 0 spiro atoms. The molecular formula is C27H28Br2F2N4O4S2. The molecular weight excluding hydrogens is 706 g/mol. The van der Waals surface area contributed by atoms with Crippen LogP contribution in [0.3, 0.4) is 0 Å². The average molecular weight is 734 g/mol. The molecule has 0 aromatic heterocycles. The van der Waals surface area contributed by atoms with Crippen molar-refractivity contribution in [2.45, 2.75) is 37.1 Å². The van der Waals surface area contributed by atoms with E-state index in [1.807, 2.05) is 13.8 Å². The zero-order valence-electron chi connectivity index (χ0n) is 22.1. The molecule has 0 unspecified atom stereocenters. The van der Waals surface area contributed by atoms with Gasteiger partial charge in [0, 0.05) is 43.4 Å². The van der Waals surface area contributed by atoms with E-state index in [1.54, 1.807) is 24.3 Å². The fourth-order valence-corrected chi connectivity index (χ4v) is 8.91. The second-order valence-corrected chi connectivity index (χ2v) is 14.1. The zero-order chi connectivity index (χ0) is 29.5. The quantitative estimate of drug-likeness (QED) is 0.343. The smallest absolute Gasteiger partial charge is 0.410 e. The Bertz CT molecular complexity index is 1420.